The van der Waals surface area contributed by atoms with E-state index in [1.54, 1.807) is 0 Å². The molecule has 0 atom stereocenters. The number of rotatable bonds is 1. The van der Waals surface area contributed by atoms with E-state index in [0.29, 0.717) is 0 Å². The van der Waals surface area contributed by atoms with E-state index in [0.717, 1.165) is 0 Å². The Labute approximate surface area is 176 Å². The molecule has 0 saturated carbocycles. The van der Waals surface area contributed by atoms with Crippen molar-refractivity contribution in [1.29, 1.82) is 0 Å². The van der Waals surface area contributed by atoms with Crippen LogP contribution in [0, 0.1) is 6.92 Å². The third-order valence-electron chi connectivity index (χ3n) is 6.04. The number of thiophene rings is 1. The van der Waals surface area contributed by atoms with Crippen molar-refractivity contribution >= 4 is 42.3 Å². The van der Waals surface area contributed by atoms with Gasteiger partial charge in [-0.1, -0.05) is 63.2 Å². The van der Waals surface area contributed by atoms with Gasteiger partial charge in [0.15, 0.2) is 6.20 Å². The summed E-state index contributed by atoms with van der Waals surface area (Å²) in [6.45, 7) is 9.21. The van der Waals surface area contributed by atoms with Crippen molar-refractivity contribution < 1.29 is 4.57 Å². The molecule has 0 radical (unpaired) electrons. The van der Waals surface area contributed by atoms with Crippen LogP contribution < -0.4 is 4.57 Å². The molecule has 0 bridgehead atoms. The molecule has 3 aromatic carbocycles. The molecule has 2 heteroatoms. The highest BCUT2D eigenvalue weighted by Gasteiger charge is 2.25. The first kappa shape index (κ1) is 18.3. The molecular formula is C27H26NS+. The van der Waals surface area contributed by atoms with E-state index in [9.17, 15) is 0 Å². The van der Waals surface area contributed by atoms with Crippen molar-refractivity contribution in [3.63, 3.8) is 0 Å². The molecular weight excluding hydrogens is 370 g/mol. The van der Waals surface area contributed by atoms with E-state index in [1.165, 1.54) is 53.3 Å². The standard InChI is InChI=1S/C27H26NS/c1-17-18-10-6-7-11-19(18)23(27(2,3)4)16-22(17)25-26-21(14-15-28(25)5)20-12-8-9-13-24(20)29-26/h6-16H,1-5H3/q+1. The monoisotopic (exact) mass is 396 g/mol. The summed E-state index contributed by atoms with van der Waals surface area (Å²) in [6.07, 6.45) is 2.21. The van der Waals surface area contributed by atoms with Gasteiger partial charge in [0.1, 0.15) is 11.7 Å². The largest absolute Gasteiger partial charge is 0.230 e. The molecule has 0 unspecified atom stereocenters. The molecule has 0 spiro atoms. The lowest BCUT2D eigenvalue weighted by Crippen LogP contribution is -2.30. The van der Waals surface area contributed by atoms with Gasteiger partial charge < -0.3 is 0 Å². The Morgan fingerprint density at radius 1 is 0.793 bits per heavy atom. The Morgan fingerprint density at radius 2 is 1.45 bits per heavy atom. The molecule has 0 N–H and O–H groups in total. The minimum atomic E-state index is 0.0781. The average Bonchev–Trinajstić information content (AvgIpc) is 3.07. The van der Waals surface area contributed by atoms with Crippen LogP contribution in [0.15, 0.2) is 66.9 Å². The molecule has 5 aromatic rings. The Balaban J connectivity index is 1.95. The Morgan fingerprint density at radius 3 is 2.17 bits per heavy atom. The molecule has 29 heavy (non-hydrogen) atoms. The topological polar surface area (TPSA) is 3.88 Å². The molecule has 2 aromatic heterocycles. The Bertz CT molecular complexity index is 1400. The molecule has 0 aliphatic rings. The minimum absolute atomic E-state index is 0.0781. The zero-order chi connectivity index (χ0) is 20.3. The van der Waals surface area contributed by atoms with Crippen molar-refractivity contribution in [1.82, 2.24) is 0 Å². The second-order valence-corrected chi connectivity index (χ2v) is 10.1. The second kappa shape index (κ2) is 6.40. The van der Waals surface area contributed by atoms with Gasteiger partial charge in [-0.05, 0) is 46.4 Å². The van der Waals surface area contributed by atoms with Crippen LogP contribution in [-0.4, -0.2) is 0 Å². The molecule has 0 amide bonds. The van der Waals surface area contributed by atoms with Gasteiger partial charge in [-0.25, -0.2) is 0 Å². The van der Waals surface area contributed by atoms with Crippen molar-refractivity contribution in [3.8, 4) is 11.3 Å². The van der Waals surface area contributed by atoms with Crippen molar-refractivity contribution in [2.45, 2.75) is 33.1 Å². The molecule has 1 nitrogen and oxygen atoms in total. The van der Waals surface area contributed by atoms with E-state index in [1.807, 2.05) is 11.3 Å². The fraction of sp³-hybridized carbons (Fsp3) is 0.222. The summed E-state index contributed by atoms with van der Waals surface area (Å²) in [5, 5.41) is 5.42. The zero-order valence-corrected chi connectivity index (χ0v) is 18.5. The van der Waals surface area contributed by atoms with Crippen LogP contribution in [0.2, 0.25) is 0 Å². The number of benzene rings is 3. The predicted octanol–water partition coefficient (Wildman–Crippen LogP) is 7.31. The summed E-state index contributed by atoms with van der Waals surface area (Å²) in [7, 11) is 2.17. The summed E-state index contributed by atoms with van der Waals surface area (Å²) in [5.74, 6) is 0. The first-order chi connectivity index (χ1) is 13.9. The number of hydrogen-bond donors (Lipinski definition) is 0. The third kappa shape index (κ3) is 2.78. The number of pyridine rings is 1. The number of nitrogens with zero attached hydrogens (tertiary/aromatic N) is 1. The van der Waals surface area contributed by atoms with Gasteiger partial charge in [-0.15, -0.1) is 11.3 Å². The normalized spacial score (nSPS) is 12.3. The summed E-state index contributed by atoms with van der Waals surface area (Å²) in [4.78, 5) is 0. The lowest BCUT2D eigenvalue weighted by molar-refractivity contribution is -0.659. The molecule has 0 saturated heterocycles. The van der Waals surface area contributed by atoms with Crippen LogP contribution in [-0.2, 0) is 12.5 Å². The van der Waals surface area contributed by atoms with Gasteiger partial charge in [-0.2, -0.15) is 4.57 Å². The van der Waals surface area contributed by atoms with E-state index in [2.05, 4.69) is 106 Å². The van der Waals surface area contributed by atoms with Crippen LogP contribution in [0.3, 0.4) is 0 Å². The first-order valence-electron chi connectivity index (χ1n) is 10.2. The highest BCUT2D eigenvalue weighted by Crippen LogP contribution is 2.42. The third-order valence-corrected chi connectivity index (χ3v) is 7.24. The van der Waals surface area contributed by atoms with Gasteiger partial charge >= 0.3 is 0 Å². The fourth-order valence-electron chi connectivity index (χ4n) is 4.53. The first-order valence-corrected chi connectivity index (χ1v) is 11.0. The fourth-order valence-corrected chi connectivity index (χ4v) is 5.82. The highest BCUT2D eigenvalue weighted by molar-refractivity contribution is 7.26. The van der Waals surface area contributed by atoms with E-state index >= 15 is 0 Å². The molecule has 0 fully saturated rings. The summed E-state index contributed by atoms with van der Waals surface area (Å²) >= 11 is 1.90. The van der Waals surface area contributed by atoms with Crippen LogP contribution >= 0.6 is 11.3 Å². The molecule has 144 valence electrons. The maximum Gasteiger partial charge on any atom is 0.230 e. The lowest BCUT2D eigenvalue weighted by atomic mass is 9.80. The number of aromatic nitrogens is 1. The summed E-state index contributed by atoms with van der Waals surface area (Å²) in [6, 6.07) is 22.3. The van der Waals surface area contributed by atoms with Crippen LogP contribution in [0.1, 0.15) is 31.9 Å². The van der Waals surface area contributed by atoms with Gasteiger partial charge in [-0.3, -0.25) is 0 Å². The molecule has 0 aliphatic carbocycles. The quantitative estimate of drug-likeness (QED) is 0.262. The SMILES string of the molecule is Cc1c(-c2c3sc4ccccc4c3cc[n+]2C)cc(C(C)(C)C)c2ccccc12. The minimum Gasteiger partial charge on any atom is -0.200 e. The Hall–Kier alpha value is -2.71. The average molecular weight is 397 g/mol. The van der Waals surface area contributed by atoms with Crippen LogP contribution in [0.4, 0.5) is 0 Å². The van der Waals surface area contributed by atoms with Crippen molar-refractivity contribution in [2.75, 3.05) is 0 Å². The number of hydrogen-bond acceptors (Lipinski definition) is 1. The lowest BCUT2D eigenvalue weighted by Gasteiger charge is -2.24. The van der Waals surface area contributed by atoms with Crippen LogP contribution in [0.5, 0.6) is 0 Å². The smallest absolute Gasteiger partial charge is 0.200 e. The van der Waals surface area contributed by atoms with Gasteiger partial charge in [0.2, 0.25) is 5.69 Å². The molecule has 5 rings (SSSR count). The highest BCUT2D eigenvalue weighted by atomic mass is 32.1. The van der Waals surface area contributed by atoms with Gasteiger partial charge in [0.25, 0.3) is 0 Å². The summed E-state index contributed by atoms with van der Waals surface area (Å²) < 4.78 is 5.01. The zero-order valence-electron chi connectivity index (χ0n) is 17.7. The maximum atomic E-state index is 2.44. The number of aryl methyl sites for hydroxylation is 2. The van der Waals surface area contributed by atoms with Crippen molar-refractivity contribution in [2.24, 2.45) is 7.05 Å². The maximum absolute atomic E-state index is 2.44. The second-order valence-electron chi connectivity index (χ2n) is 9.01. The van der Waals surface area contributed by atoms with E-state index in [-0.39, 0.29) is 5.41 Å². The summed E-state index contributed by atoms with van der Waals surface area (Å²) in [5.41, 5.74) is 5.50. The Kier molecular flexibility index (Phi) is 4.04. The predicted molar refractivity (Wildman–Crippen MR) is 127 cm³/mol. The van der Waals surface area contributed by atoms with Gasteiger partial charge in [0, 0.05) is 21.5 Å². The number of fused-ring (bicyclic) bond motifs is 4. The van der Waals surface area contributed by atoms with Crippen LogP contribution in [0.25, 0.3) is 42.2 Å². The van der Waals surface area contributed by atoms with Crippen molar-refractivity contribution in [3.05, 3.63) is 78.0 Å². The molecule has 2 heterocycles. The molecule has 0 aliphatic heterocycles. The van der Waals surface area contributed by atoms with E-state index in [4.69, 9.17) is 0 Å². The van der Waals surface area contributed by atoms with Gasteiger partial charge in [0.05, 0.1) is 5.56 Å². The van der Waals surface area contributed by atoms with E-state index < -0.39 is 0 Å².